The first-order valence-electron chi connectivity index (χ1n) is 10.4. The topological polar surface area (TPSA) is 97.0 Å². The number of aromatic nitrogens is 4. The zero-order chi connectivity index (χ0) is 20.1. The summed E-state index contributed by atoms with van der Waals surface area (Å²) in [6.45, 7) is 5.38. The molecule has 8 heteroatoms. The maximum Gasteiger partial charge on any atom is 0.326 e. The van der Waals surface area contributed by atoms with Crippen LogP contribution in [0.15, 0.2) is 27.5 Å². The van der Waals surface area contributed by atoms with Gasteiger partial charge in [-0.15, -0.1) is 0 Å². The number of hydrogen-bond donors (Lipinski definition) is 1. The number of hydrogen-bond acceptors (Lipinski definition) is 5. The number of H-pyrrole nitrogens is 1. The van der Waals surface area contributed by atoms with Crippen molar-refractivity contribution in [2.45, 2.75) is 57.4 Å². The Balaban J connectivity index is 1.29. The Morgan fingerprint density at radius 2 is 1.97 bits per heavy atom. The molecule has 0 radical (unpaired) electrons. The van der Waals surface area contributed by atoms with Gasteiger partial charge in [-0.2, -0.15) is 4.98 Å². The molecular weight excluding hydrogens is 370 g/mol. The molecule has 1 amide bonds. The number of nitrogens with zero attached hydrogens (tertiary/aromatic N) is 4. The smallest absolute Gasteiger partial charge is 0.326 e. The van der Waals surface area contributed by atoms with Crippen molar-refractivity contribution in [2.75, 3.05) is 13.1 Å². The highest BCUT2D eigenvalue weighted by Gasteiger charge is 2.29. The summed E-state index contributed by atoms with van der Waals surface area (Å²) < 4.78 is 7.13. The molecule has 29 heavy (non-hydrogen) atoms. The minimum absolute atomic E-state index is 0.00125. The van der Waals surface area contributed by atoms with Crippen LogP contribution in [0.25, 0.3) is 11.0 Å². The molecule has 1 N–H and O–H groups in total. The summed E-state index contributed by atoms with van der Waals surface area (Å²) >= 11 is 0. The zero-order valence-electron chi connectivity index (χ0n) is 16.7. The molecule has 1 aliphatic carbocycles. The third-order valence-corrected chi connectivity index (χ3v) is 5.97. The van der Waals surface area contributed by atoms with E-state index in [1.807, 2.05) is 35.4 Å². The molecule has 0 bridgehead atoms. The highest BCUT2D eigenvalue weighted by atomic mass is 16.5. The summed E-state index contributed by atoms with van der Waals surface area (Å²) in [5.41, 5.74) is 2.14. The lowest BCUT2D eigenvalue weighted by molar-refractivity contribution is 0.0710. The van der Waals surface area contributed by atoms with E-state index < -0.39 is 0 Å². The monoisotopic (exact) mass is 395 g/mol. The molecule has 0 atom stereocenters. The van der Waals surface area contributed by atoms with Crippen molar-refractivity contribution in [3.63, 3.8) is 0 Å². The molecule has 3 heterocycles. The van der Waals surface area contributed by atoms with E-state index in [4.69, 9.17) is 4.52 Å². The second kappa shape index (κ2) is 6.86. The number of fused-ring (bicyclic) bond motifs is 1. The van der Waals surface area contributed by atoms with Crippen LogP contribution in [-0.4, -0.2) is 43.6 Å². The van der Waals surface area contributed by atoms with E-state index in [-0.39, 0.29) is 23.4 Å². The number of benzene rings is 1. The summed E-state index contributed by atoms with van der Waals surface area (Å²) in [4.78, 5) is 34.5. The zero-order valence-corrected chi connectivity index (χ0v) is 16.7. The van der Waals surface area contributed by atoms with Gasteiger partial charge in [-0.3, -0.25) is 9.36 Å². The number of likely N-dealkylation sites (tertiary alicyclic amines) is 1. The average Bonchev–Trinajstić information content (AvgIpc) is 3.31. The van der Waals surface area contributed by atoms with Gasteiger partial charge < -0.3 is 14.4 Å². The predicted molar refractivity (Wildman–Crippen MR) is 107 cm³/mol. The lowest BCUT2D eigenvalue weighted by Crippen LogP contribution is -2.38. The van der Waals surface area contributed by atoms with Crippen molar-refractivity contribution in [2.24, 2.45) is 0 Å². The largest absolute Gasteiger partial charge is 0.339 e. The predicted octanol–water partition coefficient (Wildman–Crippen LogP) is 3.19. The number of piperidine rings is 1. The molecule has 2 aromatic heterocycles. The Bertz CT molecular complexity index is 1110. The minimum Gasteiger partial charge on any atom is -0.339 e. The summed E-state index contributed by atoms with van der Waals surface area (Å²) in [6.07, 6.45) is 3.73. The molecule has 1 saturated heterocycles. The highest BCUT2D eigenvalue weighted by Crippen LogP contribution is 2.36. The van der Waals surface area contributed by atoms with Gasteiger partial charge in [0.05, 0.1) is 11.0 Å². The summed E-state index contributed by atoms with van der Waals surface area (Å²) in [6, 6.07) is 5.83. The van der Waals surface area contributed by atoms with E-state index in [0.717, 1.165) is 42.5 Å². The molecule has 5 rings (SSSR count). The molecule has 3 aromatic rings. The molecule has 1 aromatic carbocycles. The molecule has 1 saturated carbocycles. The molecular formula is C21H25N5O3. The third-order valence-electron chi connectivity index (χ3n) is 5.97. The standard InChI is InChI=1S/C21H25N5O3/c1-12(2)19-23-18(24-29-19)13-7-9-25(10-8-13)20(27)14-3-6-17-16(11-14)22-21(28)26(17)15-4-5-15/h3,6,11-13,15H,4-5,7-10H2,1-2H3,(H,22,28). The van der Waals surface area contributed by atoms with Gasteiger partial charge in [0.2, 0.25) is 5.89 Å². The Hall–Kier alpha value is -2.90. The molecule has 152 valence electrons. The molecule has 2 aliphatic rings. The Morgan fingerprint density at radius 1 is 1.21 bits per heavy atom. The van der Waals surface area contributed by atoms with Crippen molar-refractivity contribution >= 4 is 16.9 Å². The van der Waals surface area contributed by atoms with Gasteiger partial charge in [0.25, 0.3) is 5.91 Å². The number of aromatic amines is 1. The van der Waals surface area contributed by atoms with E-state index in [1.54, 1.807) is 6.07 Å². The van der Waals surface area contributed by atoms with Gasteiger partial charge >= 0.3 is 5.69 Å². The van der Waals surface area contributed by atoms with Gasteiger partial charge in [-0.05, 0) is 43.9 Å². The normalized spacial score (nSPS) is 18.1. The van der Waals surface area contributed by atoms with E-state index in [2.05, 4.69) is 15.1 Å². The van der Waals surface area contributed by atoms with Crippen LogP contribution in [0.2, 0.25) is 0 Å². The number of imidazole rings is 1. The van der Waals surface area contributed by atoms with Crippen molar-refractivity contribution in [1.82, 2.24) is 24.6 Å². The lowest BCUT2D eigenvalue weighted by Gasteiger charge is -2.30. The maximum absolute atomic E-state index is 13.0. The SMILES string of the molecule is CC(C)c1nc(C2CCN(C(=O)c3ccc4c(c3)[nH]c(=O)n4C3CC3)CC2)no1. The minimum atomic E-state index is -0.0891. The fourth-order valence-corrected chi connectivity index (χ4v) is 4.13. The van der Waals surface area contributed by atoms with E-state index in [1.165, 1.54) is 0 Å². The second-order valence-electron chi connectivity index (χ2n) is 8.48. The Kier molecular flexibility index (Phi) is 4.29. The van der Waals surface area contributed by atoms with Crippen molar-refractivity contribution in [3.8, 4) is 0 Å². The first-order valence-corrected chi connectivity index (χ1v) is 10.4. The molecule has 0 spiro atoms. The molecule has 0 unspecified atom stereocenters. The van der Waals surface area contributed by atoms with Crippen LogP contribution in [0.5, 0.6) is 0 Å². The summed E-state index contributed by atoms with van der Waals surface area (Å²) in [7, 11) is 0. The van der Waals surface area contributed by atoms with Gasteiger partial charge in [-0.25, -0.2) is 4.79 Å². The van der Waals surface area contributed by atoms with Crippen molar-refractivity contribution in [3.05, 3.63) is 46.0 Å². The quantitative estimate of drug-likeness (QED) is 0.732. The second-order valence-corrected chi connectivity index (χ2v) is 8.48. The van der Waals surface area contributed by atoms with Gasteiger partial charge in [0.15, 0.2) is 5.82 Å². The van der Waals surface area contributed by atoms with Crippen LogP contribution < -0.4 is 5.69 Å². The number of nitrogens with one attached hydrogen (secondary N) is 1. The van der Waals surface area contributed by atoms with Crippen molar-refractivity contribution in [1.29, 1.82) is 0 Å². The van der Waals surface area contributed by atoms with Crippen molar-refractivity contribution < 1.29 is 9.32 Å². The Morgan fingerprint density at radius 3 is 2.62 bits per heavy atom. The first kappa shape index (κ1) is 18.1. The Labute approximate surface area is 167 Å². The van der Waals surface area contributed by atoms with E-state index in [9.17, 15) is 9.59 Å². The van der Waals surface area contributed by atoms with Crippen LogP contribution in [-0.2, 0) is 0 Å². The van der Waals surface area contributed by atoms with Gasteiger partial charge in [-0.1, -0.05) is 19.0 Å². The van der Waals surface area contributed by atoms with Crippen LogP contribution >= 0.6 is 0 Å². The number of amides is 1. The summed E-state index contributed by atoms with van der Waals surface area (Å²) in [5.74, 6) is 1.86. The van der Waals surface area contributed by atoms with E-state index in [0.29, 0.717) is 30.6 Å². The summed E-state index contributed by atoms with van der Waals surface area (Å²) in [5, 5.41) is 4.13. The van der Waals surface area contributed by atoms with Crippen LogP contribution in [0.3, 0.4) is 0 Å². The fourth-order valence-electron chi connectivity index (χ4n) is 4.13. The molecule has 2 fully saturated rings. The lowest BCUT2D eigenvalue weighted by atomic mass is 9.95. The third kappa shape index (κ3) is 3.26. The fraction of sp³-hybridized carbons (Fsp3) is 0.524. The maximum atomic E-state index is 13.0. The number of rotatable bonds is 4. The van der Waals surface area contributed by atoms with E-state index >= 15 is 0 Å². The van der Waals surface area contributed by atoms with Gasteiger partial charge in [0.1, 0.15) is 0 Å². The molecule has 1 aliphatic heterocycles. The van der Waals surface area contributed by atoms with Crippen LogP contribution in [0.1, 0.15) is 79.5 Å². The number of carbonyl (C=O) groups is 1. The highest BCUT2D eigenvalue weighted by molar-refractivity contribution is 5.97. The van der Waals surface area contributed by atoms with Crippen LogP contribution in [0, 0.1) is 0 Å². The van der Waals surface area contributed by atoms with Crippen LogP contribution in [0.4, 0.5) is 0 Å². The first-order chi connectivity index (χ1) is 14.0. The molecule has 8 nitrogen and oxygen atoms in total. The van der Waals surface area contributed by atoms with Gasteiger partial charge in [0, 0.05) is 36.5 Å². The average molecular weight is 395 g/mol. The number of carbonyl (C=O) groups excluding carboxylic acids is 1.